The van der Waals surface area contributed by atoms with Gasteiger partial charge in [-0.2, -0.15) is 0 Å². The van der Waals surface area contributed by atoms with Gasteiger partial charge in [0.25, 0.3) is 5.91 Å². The molecule has 1 fully saturated rings. The van der Waals surface area contributed by atoms with Crippen LogP contribution in [0.4, 0.5) is 5.82 Å². The van der Waals surface area contributed by atoms with Gasteiger partial charge in [-0.15, -0.1) is 10.2 Å². The number of carbonyl (C=O) groups is 1. The van der Waals surface area contributed by atoms with Crippen molar-refractivity contribution in [3.05, 3.63) is 17.8 Å². The Morgan fingerprint density at radius 3 is 2.75 bits per heavy atom. The number of nitrogens with one attached hydrogen (secondary N) is 2. The van der Waals surface area contributed by atoms with E-state index in [2.05, 4.69) is 34.7 Å². The van der Waals surface area contributed by atoms with Crippen LogP contribution < -0.4 is 10.6 Å². The average Bonchev–Trinajstić information content (AvgIpc) is 2.42. The van der Waals surface area contributed by atoms with E-state index in [0.29, 0.717) is 11.5 Å². The zero-order chi connectivity index (χ0) is 14.6. The summed E-state index contributed by atoms with van der Waals surface area (Å²) in [7, 11) is 0. The molecule has 110 valence electrons. The summed E-state index contributed by atoms with van der Waals surface area (Å²) in [5.41, 5.74) is 0.540. The predicted octanol–water partition coefficient (Wildman–Crippen LogP) is 2.61. The molecule has 0 spiro atoms. The number of anilines is 1. The number of rotatable bonds is 4. The van der Waals surface area contributed by atoms with E-state index in [1.807, 2.05) is 6.92 Å². The van der Waals surface area contributed by atoms with Crippen LogP contribution in [0.25, 0.3) is 0 Å². The normalized spacial score (nSPS) is 21.2. The number of amides is 1. The number of hydrogen-bond acceptors (Lipinski definition) is 4. The van der Waals surface area contributed by atoms with Gasteiger partial charge in [0, 0.05) is 12.6 Å². The highest BCUT2D eigenvalue weighted by Gasteiger charge is 2.33. The van der Waals surface area contributed by atoms with Crippen LogP contribution in [0.5, 0.6) is 0 Å². The summed E-state index contributed by atoms with van der Waals surface area (Å²) in [5, 5.41) is 14.2. The maximum Gasteiger partial charge on any atom is 0.272 e. The van der Waals surface area contributed by atoms with Crippen LogP contribution in [0.1, 0.15) is 56.9 Å². The highest BCUT2D eigenvalue weighted by atomic mass is 16.2. The van der Waals surface area contributed by atoms with E-state index in [4.69, 9.17) is 0 Å². The molecule has 5 heteroatoms. The minimum absolute atomic E-state index is 0.125. The Morgan fingerprint density at radius 1 is 1.35 bits per heavy atom. The molecule has 0 bridgehead atoms. The topological polar surface area (TPSA) is 66.9 Å². The molecule has 0 saturated heterocycles. The van der Waals surface area contributed by atoms with Crippen molar-refractivity contribution in [1.82, 2.24) is 15.5 Å². The van der Waals surface area contributed by atoms with Crippen molar-refractivity contribution in [3.63, 3.8) is 0 Å². The van der Waals surface area contributed by atoms with E-state index >= 15 is 0 Å². The summed E-state index contributed by atoms with van der Waals surface area (Å²) < 4.78 is 0. The summed E-state index contributed by atoms with van der Waals surface area (Å²) in [6.07, 6.45) is 4.63. The van der Waals surface area contributed by atoms with E-state index in [1.54, 1.807) is 12.1 Å². The van der Waals surface area contributed by atoms with Gasteiger partial charge in [0.05, 0.1) is 0 Å². The SMILES string of the molecule is CCNc1ccc(C(=O)NC2CCCCC2(C)C)nn1. The molecule has 1 aliphatic carbocycles. The minimum atomic E-state index is -0.125. The Hall–Kier alpha value is -1.65. The van der Waals surface area contributed by atoms with E-state index < -0.39 is 0 Å². The lowest BCUT2D eigenvalue weighted by atomic mass is 9.73. The molecule has 1 aliphatic rings. The second-order valence-electron chi connectivity index (χ2n) is 6.09. The zero-order valence-electron chi connectivity index (χ0n) is 12.6. The molecule has 0 aliphatic heterocycles. The van der Waals surface area contributed by atoms with Crippen LogP contribution in [-0.4, -0.2) is 28.7 Å². The first-order valence-corrected chi connectivity index (χ1v) is 7.41. The van der Waals surface area contributed by atoms with E-state index in [1.165, 1.54) is 12.8 Å². The standard InChI is InChI=1S/C15H24N4O/c1-4-16-13-9-8-11(18-19-13)14(20)17-12-7-5-6-10-15(12,2)3/h8-9,12H,4-7,10H2,1-3H3,(H,16,19)(H,17,20). The summed E-state index contributed by atoms with van der Waals surface area (Å²) in [5.74, 6) is 0.572. The maximum atomic E-state index is 12.2. The van der Waals surface area contributed by atoms with Crippen molar-refractivity contribution < 1.29 is 4.79 Å². The summed E-state index contributed by atoms with van der Waals surface area (Å²) >= 11 is 0. The highest BCUT2D eigenvalue weighted by molar-refractivity contribution is 5.92. The number of nitrogens with zero attached hydrogens (tertiary/aromatic N) is 2. The van der Waals surface area contributed by atoms with Gasteiger partial charge in [-0.05, 0) is 37.3 Å². The Labute approximate surface area is 120 Å². The molecule has 1 atom stereocenters. The van der Waals surface area contributed by atoms with Gasteiger partial charge in [0.1, 0.15) is 5.82 Å². The molecule has 1 aromatic heterocycles. The van der Waals surface area contributed by atoms with Gasteiger partial charge >= 0.3 is 0 Å². The number of carbonyl (C=O) groups excluding carboxylic acids is 1. The third-order valence-electron chi connectivity index (χ3n) is 4.07. The molecular weight excluding hydrogens is 252 g/mol. The van der Waals surface area contributed by atoms with Crippen molar-refractivity contribution in [1.29, 1.82) is 0 Å². The lowest BCUT2D eigenvalue weighted by Gasteiger charge is -2.38. The number of hydrogen-bond donors (Lipinski definition) is 2. The van der Waals surface area contributed by atoms with Crippen molar-refractivity contribution >= 4 is 11.7 Å². The fourth-order valence-electron chi connectivity index (χ4n) is 2.72. The fourth-order valence-corrected chi connectivity index (χ4v) is 2.72. The first-order valence-electron chi connectivity index (χ1n) is 7.41. The number of aromatic nitrogens is 2. The zero-order valence-corrected chi connectivity index (χ0v) is 12.6. The third kappa shape index (κ3) is 3.46. The molecule has 1 unspecified atom stereocenters. The Bertz CT molecular complexity index is 455. The Morgan fingerprint density at radius 2 is 2.15 bits per heavy atom. The van der Waals surface area contributed by atoms with Crippen LogP contribution in [0.2, 0.25) is 0 Å². The molecule has 1 amide bonds. The smallest absolute Gasteiger partial charge is 0.272 e. The van der Waals surface area contributed by atoms with Crippen LogP contribution >= 0.6 is 0 Å². The average molecular weight is 276 g/mol. The first kappa shape index (κ1) is 14.8. The van der Waals surface area contributed by atoms with Gasteiger partial charge in [-0.3, -0.25) is 4.79 Å². The van der Waals surface area contributed by atoms with Crippen LogP contribution in [-0.2, 0) is 0 Å². The molecule has 20 heavy (non-hydrogen) atoms. The molecule has 1 heterocycles. The molecule has 1 aromatic rings. The lowest BCUT2D eigenvalue weighted by molar-refractivity contribution is 0.0847. The van der Waals surface area contributed by atoms with Crippen LogP contribution in [0.3, 0.4) is 0 Å². The molecule has 2 rings (SSSR count). The predicted molar refractivity (Wildman–Crippen MR) is 79.7 cm³/mol. The summed E-state index contributed by atoms with van der Waals surface area (Å²) in [6.45, 7) is 7.22. The lowest BCUT2D eigenvalue weighted by Crippen LogP contribution is -2.47. The minimum Gasteiger partial charge on any atom is -0.369 e. The molecule has 1 saturated carbocycles. The second kappa shape index (κ2) is 6.20. The van der Waals surface area contributed by atoms with Crippen molar-refractivity contribution in [3.8, 4) is 0 Å². The first-order chi connectivity index (χ1) is 9.53. The quantitative estimate of drug-likeness (QED) is 0.887. The van der Waals surface area contributed by atoms with E-state index in [-0.39, 0.29) is 17.4 Å². The highest BCUT2D eigenvalue weighted by Crippen LogP contribution is 2.35. The van der Waals surface area contributed by atoms with Crippen LogP contribution in [0.15, 0.2) is 12.1 Å². The molecule has 5 nitrogen and oxygen atoms in total. The fraction of sp³-hybridized carbons (Fsp3) is 0.667. The van der Waals surface area contributed by atoms with Gasteiger partial charge in [-0.1, -0.05) is 26.7 Å². The Balaban J connectivity index is 2.00. The van der Waals surface area contributed by atoms with Crippen molar-refractivity contribution in [2.24, 2.45) is 5.41 Å². The molecule has 2 N–H and O–H groups in total. The second-order valence-corrected chi connectivity index (χ2v) is 6.09. The molecular formula is C15H24N4O. The van der Waals surface area contributed by atoms with Crippen molar-refractivity contribution in [2.75, 3.05) is 11.9 Å². The van der Waals surface area contributed by atoms with Gasteiger partial charge < -0.3 is 10.6 Å². The van der Waals surface area contributed by atoms with E-state index in [0.717, 1.165) is 19.4 Å². The van der Waals surface area contributed by atoms with Gasteiger partial charge in [0.2, 0.25) is 0 Å². The Kier molecular flexibility index (Phi) is 4.57. The van der Waals surface area contributed by atoms with Crippen molar-refractivity contribution in [2.45, 2.75) is 52.5 Å². The third-order valence-corrected chi connectivity index (χ3v) is 4.07. The summed E-state index contributed by atoms with van der Waals surface area (Å²) in [4.78, 5) is 12.2. The molecule has 0 aromatic carbocycles. The van der Waals surface area contributed by atoms with Crippen LogP contribution in [0, 0.1) is 5.41 Å². The van der Waals surface area contributed by atoms with Gasteiger partial charge in [0.15, 0.2) is 5.69 Å². The summed E-state index contributed by atoms with van der Waals surface area (Å²) in [6, 6.07) is 3.73. The van der Waals surface area contributed by atoms with Gasteiger partial charge in [-0.25, -0.2) is 0 Å². The largest absolute Gasteiger partial charge is 0.369 e. The monoisotopic (exact) mass is 276 g/mol. The molecule has 0 radical (unpaired) electrons. The maximum absolute atomic E-state index is 12.2. The van der Waals surface area contributed by atoms with E-state index in [9.17, 15) is 4.79 Å².